The van der Waals surface area contributed by atoms with Gasteiger partial charge >= 0.3 is 0 Å². The number of aliphatic hydroxyl groups is 1. The lowest BCUT2D eigenvalue weighted by molar-refractivity contribution is -0.117. The van der Waals surface area contributed by atoms with Gasteiger partial charge < -0.3 is 5.11 Å². The number of hydrogen-bond acceptors (Lipinski definition) is 4. The van der Waals surface area contributed by atoms with Crippen LogP contribution in [0.2, 0.25) is 0 Å². The average molecular weight is 377 g/mol. The molecule has 3 saturated carbocycles. The van der Waals surface area contributed by atoms with Crippen LogP contribution in [0.15, 0.2) is 11.6 Å². The number of aliphatic hydroxyl groups excluding tert-OH is 1. The molecule has 0 saturated heterocycles. The maximum absolute atomic E-state index is 12.3. The van der Waals surface area contributed by atoms with Crippen molar-refractivity contribution in [3.8, 4) is 0 Å². The molecule has 1 N–H and O–H groups in total. The fourth-order valence-corrected chi connectivity index (χ4v) is 8.15. The van der Waals surface area contributed by atoms with Crippen molar-refractivity contribution >= 4 is 22.7 Å². The standard InChI is InChI=1S/C22H32O3S/c1-4-19(25)26-17-12-13-11-14(23)7-9-21(13,2)16-8-10-22(3)15(20(16)17)5-6-18(22)24/h11,15-18,20,24H,4-10,12H2,1-3H3. The highest BCUT2D eigenvalue weighted by Crippen LogP contribution is 2.66. The Labute approximate surface area is 161 Å². The van der Waals surface area contributed by atoms with Crippen LogP contribution in [-0.2, 0) is 9.59 Å². The minimum absolute atomic E-state index is 0.0112. The molecule has 0 bridgehead atoms. The van der Waals surface area contributed by atoms with Crippen molar-refractivity contribution in [2.75, 3.05) is 0 Å². The van der Waals surface area contributed by atoms with Crippen molar-refractivity contribution < 1.29 is 14.7 Å². The summed E-state index contributed by atoms with van der Waals surface area (Å²) in [5.41, 5.74) is 1.43. The van der Waals surface area contributed by atoms with E-state index in [1.807, 2.05) is 13.0 Å². The highest BCUT2D eigenvalue weighted by atomic mass is 32.2. The smallest absolute Gasteiger partial charge is 0.188 e. The fourth-order valence-electron chi connectivity index (χ4n) is 6.84. The second-order valence-corrected chi connectivity index (χ2v) is 10.9. The molecule has 0 aromatic carbocycles. The van der Waals surface area contributed by atoms with Gasteiger partial charge in [-0.15, -0.1) is 0 Å². The van der Waals surface area contributed by atoms with E-state index in [9.17, 15) is 14.7 Å². The quantitative estimate of drug-likeness (QED) is 0.769. The van der Waals surface area contributed by atoms with Crippen LogP contribution in [0.1, 0.15) is 72.1 Å². The lowest BCUT2D eigenvalue weighted by Gasteiger charge is -2.59. The molecule has 0 amide bonds. The predicted octanol–water partition coefficient (Wildman–Crippen LogP) is 4.53. The van der Waals surface area contributed by atoms with Gasteiger partial charge in [-0.1, -0.05) is 38.1 Å². The Kier molecular flexibility index (Phi) is 4.67. The van der Waals surface area contributed by atoms with Crippen molar-refractivity contribution in [2.45, 2.75) is 83.5 Å². The minimum Gasteiger partial charge on any atom is -0.393 e. The molecule has 0 spiro atoms. The Morgan fingerprint density at radius 1 is 1.23 bits per heavy atom. The molecule has 144 valence electrons. The summed E-state index contributed by atoms with van der Waals surface area (Å²) in [5.74, 6) is 1.80. The van der Waals surface area contributed by atoms with Gasteiger partial charge in [0, 0.05) is 18.1 Å². The van der Waals surface area contributed by atoms with Crippen LogP contribution >= 0.6 is 11.8 Å². The molecule has 0 heterocycles. The van der Waals surface area contributed by atoms with Crippen molar-refractivity contribution in [3.63, 3.8) is 0 Å². The van der Waals surface area contributed by atoms with Gasteiger partial charge in [0.25, 0.3) is 0 Å². The normalized spacial score (nSPS) is 47.6. The lowest BCUT2D eigenvalue weighted by atomic mass is 9.47. The molecule has 3 nitrogen and oxygen atoms in total. The van der Waals surface area contributed by atoms with Crippen LogP contribution < -0.4 is 0 Å². The van der Waals surface area contributed by atoms with Crippen LogP contribution in [0, 0.1) is 28.6 Å². The molecule has 7 unspecified atom stereocenters. The van der Waals surface area contributed by atoms with Crippen molar-refractivity contribution in [2.24, 2.45) is 28.6 Å². The highest BCUT2D eigenvalue weighted by Gasteiger charge is 2.61. The maximum atomic E-state index is 12.3. The molecule has 0 radical (unpaired) electrons. The summed E-state index contributed by atoms with van der Waals surface area (Å²) in [4.78, 5) is 24.4. The number of carbonyl (C=O) groups excluding carboxylic acids is 2. The molecule has 0 aliphatic heterocycles. The third-order valence-electron chi connectivity index (χ3n) is 8.48. The molecule has 4 aliphatic rings. The van der Waals surface area contributed by atoms with E-state index in [0.29, 0.717) is 30.6 Å². The van der Waals surface area contributed by atoms with Crippen LogP contribution in [-0.4, -0.2) is 27.4 Å². The minimum atomic E-state index is -0.196. The molecule has 0 aromatic heterocycles. The monoisotopic (exact) mass is 376 g/mol. The third kappa shape index (κ3) is 2.66. The first-order chi connectivity index (χ1) is 12.3. The molecule has 4 heteroatoms. The Balaban J connectivity index is 1.74. The number of carbonyl (C=O) groups is 2. The number of fused-ring (bicyclic) bond motifs is 5. The Bertz CT molecular complexity index is 656. The van der Waals surface area contributed by atoms with Gasteiger partial charge in [0.2, 0.25) is 0 Å². The zero-order valence-corrected chi connectivity index (χ0v) is 17.1. The Morgan fingerprint density at radius 3 is 2.73 bits per heavy atom. The van der Waals surface area contributed by atoms with E-state index >= 15 is 0 Å². The fraction of sp³-hybridized carbons (Fsp3) is 0.818. The van der Waals surface area contributed by atoms with E-state index in [4.69, 9.17) is 0 Å². The van der Waals surface area contributed by atoms with Crippen molar-refractivity contribution in [3.05, 3.63) is 11.6 Å². The molecular formula is C22H32O3S. The lowest BCUT2D eigenvalue weighted by Crippen LogP contribution is -2.55. The predicted molar refractivity (Wildman–Crippen MR) is 105 cm³/mol. The van der Waals surface area contributed by atoms with Gasteiger partial charge in [-0.25, -0.2) is 0 Å². The molecular weight excluding hydrogens is 344 g/mol. The zero-order chi connectivity index (χ0) is 18.7. The van der Waals surface area contributed by atoms with Crippen LogP contribution in [0.25, 0.3) is 0 Å². The molecule has 7 atom stereocenters. The second-order valence-electron chi connectivity index (χ2n) is 9.57. The van der Waals surface area contributed by atoms with E-state index in [1.54, 1.807) is 0 Å². The van der Waals surface area contributed by atoms with Gasteiger partial charge in [-0.2, -0.15) is 0 Å². The van der Waals surface area contributed by atoms with Gasteiger partial charge in [-0.05, 0) is 73.2 Å². The van der Waals surface area contributed by atoms with Gasteiger partial charge in [0.1, 0.15) is 0 Å². The van der Waals surface area contributed by atoms with Crippen LogP contribution in [0.4, 0.5) is 0 Å². The second kappa shape index (κ2) is 6.48. The largest absolute Gasteiger partial charge is 0.393 e. The summed E-state index contributed by atoms with van der Waals surface area (Å²) in [6, 6.07) is 0. The van der Waals surface area contributed by atoms with Crippen molar-refractivity contribution in [1.82, 2.24) is 0 Å². The van der Waals surface area contributed by atoms with Crippen LogP contribution in [0.3, 0.4) is 0 Å². The van der Waals surface area contributed by atoms with Gasteiger partial charge in [0.15, 0.2) is 10.9 Å². The summed E-state index contributed by atoms with van der Waals surface area (Å²) in [7, 11) is 0. The van der Waals surface area contributed by atoms with E-state index in [-0.39, 0.29) is 33.1 Å². The first-order valence-corrected chi connectivity index (χ1v) is 11.3. The number of rotatable bonds is 2. The van der Waals surface area contributed by atoms with E-state index in [1.165, 1.54) is 17.3 Å². The summed E-state index contributed by atoms with van der Waals surface area (Å²) in [6.45, 7) is 6.60. The topological polar surface area (TPSA) is 54.4 Å². The molecule has 4 aliphatic carbocycles. The zero-order valence-electron chi connectivity index (χ0n) is 16.3. The first kappa shape index (κ1) is 18.7. The molecule has 0 aromatic rings. The molecule has 3 fully saturated rings. The number of ketones is 1. The van der Waals surface area contributed by atoms with Gasteiger partial charge in [0.05, 0.1) is 6.10 Å². The number of hydrogen-bond donors (Lipinski definition) is 1. The third-order valence-corrected chi connectivity index (χ3v) is 9.82. The molecule has 4 rings (SSSR count). The molecule has 26 heavy (non-hydrogen) atoms. The summed E-state index contributed by atoms with van der Waals surface area (Å²) in [6.07, 6.45) is 8.99. The van der Waals surface area contributed by atoms with Crippen LogP contribution in [0.5, 0.6) is 0 Å². The Morgan fingerprint density at radius 2 is 2.00 bits per heavy atom. The van der Waals surface area contributed by atoms with E-state index in [2.05, 4.69) is 13.8 Å². The highest BCUT2D eigenvalue weighted by molar-refractivity contribution is 8.14. The van der Waals surface area contributed by atoms with Crippen molar-refractivity contribution in [1.29, 1.82) is 0 Å². The summed E-state index contributed by atoms with van der Waals surface area (Å²) in [5, 5.41) is 11.2. The summed E-state index contributed by atoms with van der Waals surface area (Å²) >= 11 is 1.54. The maximum Gasteiger partial charge on any atom is 0.188 e. The van der Waals surface area contributed by atoms with E-state index in [0.717, 1.165) is 38.5 Å². The summed E-state index contributed by atoms with van der Waals surface area (Å²) < 4.78 is 0. The Hall–Kier alpha value is -0.610. The van der Waals surface area contributed by atoms with Gasteiger partial charge in [-0.3, -0.25) is 9.59 Å². The number of thioether (sulfide) groups is 1. The number of allylic oxidation sites excluding steroid dienone is 1. The first-order valence-electron chi connectivity index (χ1n) is 10.4. The SMILES string of the molecule is CCC(=O)SC1CC2=CC(=O)CCC2(C)C2CCC3(C)C(O)CCC3C12. The average Bonchev–Trinajstić information content (AvgIpc) is 2.91. The van der Waals surface area contributed by atoms with E-state index < -0.39 is 0 Å².